The molecule has 1 unspecified atom stereocenters. The molecule has 1 nitrogen and oxygen atoms in total. The summed E-state index contributed by atoms with van der Waals surface area (Å²) in [5.41, 5.74) is -0.484. The number of rotatable bonds is 3. The minimum absolute atomic E-state index is 0.344. The van der Waals surface area contributed by atoms with Gasteiger partial charge in [-0.1, -0.05) is 12.1 Å². The molecule has 0 aliphatic carbocycles. The Bertz CT molecular complexity index is 350. The van der Waals surface area contributed by atoms with Crippen LogP contribution >= 0.6 is 0 Å². The van der Waals surface area contributed by atoms with Crippen LogP contribution in [0.1, 0.15) is 25.3 Å². The van der Waals surface area contributed by atoms with Crippen molar-refractivity contribution in [3.05, 3.63) is 35.6 Å². The van der Waals surface area contributed by atoms with Crippen molar-refractivity contribution in [2.24, 2.45) is 0 Å². The zero-order chi connectivity index (χ0) is 10.6. The topological polar surface area (TPSA) is 20.2 Å². The summed E-state index contributed by atoms with van der Waals surface area (Å²) in [4.78, 5) is 0. The van der Waals surface area contributed by atoms with Gasteiger partial charge < -0.3 is 5.11 Å². The van der Waals surface area contributed by atoms with E-state index >= 15 is 0 Å². The molecule has 1 rings (SSSR count). The second kappa shape index (κ2) is 4.26. The first-order chi connectivity index (χ1) is 6.56. The summed E-state index contributed by atoms with van der Waals surface area (Å²) in [7, 11) is 0. The summed E-state index contributed by atoms with van der Waals surface area (Å²) in [5, 5.41) is 9.98. The number of benzene rings is 1. The van der Waals surface area contributed by atoms with Crippen LogP contribution in [-0.2, 0) is 5.60 Å². The van der Waals surface area contributed by atoms with Crippen molar-refractivity contribution in [3.8, 4) is 12.3 Å². The largest absolute Gasteiger partial charge is 0.385 e. The van der Waals surface area contributed by atoms with Gasteiger partial charge in [0.25, 0.3) is 0 Å². The van der Waals surface area contributed by atoms with Crippen LogP contribution in [0, 0.1) is 18.2 Å². The number of terminal acetylenes is 1. The predicted octanol–water partition coefficient (Wildman–Crippen LogP) is 2.45. The highest BCUT2D eigenvalue weighted by Crippen LogP contribution is 2.25. The zero-order valence-corrected chi connectivity index (χ0v) is 8.13. The lowest BCUT2D eigenvalue weighted by molar-refractivity contribution is 0.0490. The van der Waals surface area contributed by atoms with Crippen LogP contribution in [0.15, 0.2) is 24.3 Å². The van der Waals surface area contributed by atoms with E-state index in [0.29, 0.717) is 18.4 Å². The van der Waals surface area contributed by atoms with Gasteiger partial charge in [-0.25, -0.2) is 4.39 Å². The molecule has 0 bridgehead atoms. The summed E-state index contributed by atoms with van der Waals surface area (Å²) >= 11 is 0. The molecule has 1 atom stereocenters. The van der Waals surface area contributed by atoms with Crippen LogP contribution in [0.25, 0.3) is 0 Å². The normalized spacial score (nSPS) is 14.4. The first kappa shape index (κ1) is 10.7. The smallest absolute Gasteiger partial charge is 0.123 e. The molecule has 0 amide bonds. The fraction of sp³-hybridized carbons (Fsp3) is 0.333. The lowest BCUT2D eigenvalue weighted by Gasteiger charge is -2.22. The van der Waals surface area contributed by atoms with Gasteiger partial charge in [-0.2, -0.15) is 0 Å². The maximum atomic E-state index is 12.9. The highest BCUT2D eigenvalue weighted by Gasteiger charge is 2.22. The van der Waals surface area contributed by atoms with Gasteiger partial charge in [0, 0.05) is 6.42 Å². The number of hydrogen-bond acceptors (Lipinski definition) is 1. The average molecular weight is 192 g/mol. The summed E-state index contributed by atoms with van der Waals surface area (Å²) < 4.78 is 12.9. The molecule has 1 N–H and O–H groups in total. The molecule has 0 aliphatic rings. The molecule has 2 heteroatoms. The molecule has 0 saturated carbocycles. The van der Waals surface area contributed by atoms with E-state index in [1.807, 2.05) is 0 Å². The van der Waals surface area contributed by atoms with Crippen LogP contribution in [0.3, 0.4) is 0 Å². The third kappa shape index (κ3) is 2.58. The third-order valence-corrected chi connectivity index (χ3v) is 2.20. The van der Waals surface area contributed by atoms with E-state index in [-0.39, 0.29) is 5.82 Å². The van der Waals surface area contributed by atoms with Gasteiger partial charge >= 0.3 is 0 Å². The minimum Gasteiger partial charge on any atom is -0.385 e. The van der Waals surface area contributed by atoms with Gasteiger partial charge in [-0.15, -0.1) is 12.3 Å². The second-order valence-electron chi connectivity index (χ2n) is 3.49. The Morgan fingerprint density at radius 1 is 1.57 bits per heavy atom. The Labute approximate surface area is 83.6 Å². The molecule has 0 radical (unpaired) electrons. The first-order valence-electron chi connectivity index (χ1n) is 4.48. The van der Waals surface area contributed by atoms with Crippen molar-refractivity contribution < 1.29 is 9.50 Å². The van der Waals surface area contributed by atoms with Crippen LogP contribution in [-0.4, -0.2) is 5.11 Å². The van der Waals surface area contributed by atoms with Crippen molar-refractivity contribution in [3.63, 3.8) is 0 Å². The first-order valence-corrected chi connectivity index (χ1v) is 4.48. The van der Waals surface area contributed by atoms with Gasteiger partial charge in [0.1, 0.15) is 5.82 Å². The lowest BCUT2D eigenvalue weighted by atomic mass is 9.91. The van der Waals surface area contributed by atoms with Crippen LogP contribution in [0.4, 0.5) is 4.39 Å². The summed E-state index contributed by atoms with van der Waals surface area (Å²) in [6, 6.07) is 5.95. The summed E-state index contributed by atoms with van der Waals surface area (Å²) in [6.45, 7) is 1.64. The highest BCUT2D eigenvalue weighted by atomic mass is 19.1. The van der Waals surface area contributed by atoms with Crippen LogP contribution in [0.2, 0.25) is 0 Å². The number of halogens is 1. The molecular formula is C12H13FO. The van der Waals surface area contributed by atoms with Crippen LogP contribution in [0.5, 0.6) is 0 Å². The Morgan fingerprint density at radius 2 is 2.29 bits per heavy atom. The summed E-state index contributed by atoms with van der Waals surface area (Å²) in [6.07, 6.45) is 6.02. The molecule has 1 aromatic rings. The zero-order valence-electron chi connectivity index (χ0n) is 8.13. The van der Waals surface area contributed by atoms with Gasteiger partial charge in [0.15, 0.2) is 0 Å². The van der Waals surface area contributed by atoms with Gasteiger partial charge in [-0.05, 0) is 31.0 Å². The van der Waals surface area contributed by atoms with E-state index in [1.165, 1.54) is 12.1 Å². The average Bonchev–Trinajstić information content (AvgIpc) is 2.15. The Kier molecular flexibility index (Phi) is 3.27. The molecule has 0 aromatic heterocycles. The van der Waals surface area contributed by atoms with Crippen molar-refractivity contribution >= 4 is 0 Å². The van der Waals surface area contributed by atoms with Gasteiger partial charge in [0.05, 0.1) is 5.60 Å². The standard InChI is InChI=1S/C12H13FO/c1-3-4-8-12(2,14)10-6-5-7-11(13)9-10/h1,5-7,9,14H,4,8H2,2H3. The number of aliphatic hydroxyl groups is 1. The van der Waals surface area contributed by atoms with Crippen molar-refractivity contribution in [2.45, 2.75) is 25.4 Å². The van der Waals surface area contributed by atoms with E-state index in [1.54, 1.807) is 19.1 Å². The van der Waals surface area contributed by atoms with Crippen molar-refractivity contribution in [1.29, 1.82) is 0 Å². The quantitative estimate of drug-likeness (QED) is 0.729. The van der Waals surface area contributed by atoms with E-state index in [0.717, 1.165) is 0 Å². The number of hydrogen-bond donors (Lipinski definition) is 1. The van der Waals surface area contributed by atoms with E-state index in [9.17, 15) is 9.50 Å². The maximum Gasteiger partial charge on any atom is 0.123 e. The van der Waals surface area contributed by atoms with Gasteiger partial charge in [-0.3, -0.25) is 0 Å². The monoisotopic (exact) mass is 192 g/mol. The SMILES string of the molecule is C#CCCC(C)(O)c1cccc(F)c1. The van der Waals surface area contributed by atoms with Crippen molar-refractivity contribution in [1.82, 2.24) is 0 Å². The molecule has 1 aromatic carbocycles. The molecule has 0 aliphatic heterocycles. The molecule has 0 fully saturated rings. The van der Waals surface area contributed by atoms with E-state index in [2.05, 4.69) is 5.92 Å². The molecular weight excluding hydrogens is 179 g/mol. The molecule has 74 valence electrons. The fourth-order valence-electron chi connectivity index (χ4n) is 1.28. The van der Waals surface area contributed by atoms with E-state index < -0.39 is 5.60 Å². The highest BCUT2D eigenvalue weighted by molar-refractivity contribution is 5.22. The summed E-state index contributed by atoms with van der Waals surface area (Å²) in [5.74, 6) is 2.11. The predicted molar refractivity (Wildman–Crippen MR) is 54.0 cm³/mol. The fourth-order valence-corrected chi connectivity index (χ4v) is 1.28. The maximum absolute atomic E-state index is 12.9. The lowest BCUT2D eigenvalue weighted by Crippen LogP contribution is -2.20. The Morgan fingerprint density at radius 3 is 2.86 bits per heavy atom. The minimum atomic E-state index is -1.05. The molecule has 0 saturated heterocycles. The molecule has 0 spiro atoms. The van der Waals surface area contributed by atoms with Crippen molar-refractivity contribution in [2.75, 3.05) is 0 Å². The van der Waals surface area contributed by atoms with Crippen LogP contribution < -0.4 is 0 Å². The second-order valence-corrected chi connectivity index (χ2v) is 3.49. The molecule has 14 heavy (non-hydrogen) atoms. The van der Waals surface area contributed by atoms with Gasteiger partial charge in [0.2, 0.25) is 0 Å². The molecule has 0 heterocycles. The Balaban J connectivity index is 2.87. The third-order valence-electron chi connectivity index (χ3n) is 2.20. The Hall–Kier alpha value is -1.33. The van der Waals surface area contributed by atoms with E-state index in [4.69, 9.17) is 6.42 Å².